The Bertz CT molecular complexity index is 329. The van der Waals surface area contributed by atoms with Crippen molar-refractivity contribution in [2.45, 2.75) is 0 Å². The van der Waals surface area contributed by atoms with Gasteiger partial charge < -0.3 is 0 Å². The van der Waals surface area contributed by atoms with Gasteiger partial charge in [-0.3, -0.25) is 0 Å². The summed E-state index contributed by atoms with van der Waals surface area (Å²) < 4.78 is 0. The molecule has 0 aliphatic carbocycles. The Labute approximate surface area is 88.6 Å². The van der Waals surface area contributed by atoms with Crippen molar-refractivity contribution >= 4 is 31.9 Å². The van der Waals surface area contributed by atoms with Crippen LogP contribution in [0.3, 0.4) is 0 Å². The van der Waals surface area contributed by atoms with Crippen LogP contribution in [-0.4, -0.2) is 0 Å². The lowest BCUT2D eigenvalue weighted by atomic mass is 10.1. The Kier molecular flexibility index (Phi) is 3.94. The molecule has 0 aliphatic heterocycles. The Balaban J connectivity index is 2.95. The van der Waals surface area contributed by atoms with Crippen LogP contribution in [0.2, 0.25) is 0 Å². The van der Waals surface area contributed by atoms with Gasteiger partial charge in [0.2, 0.25) is 0 Å². The molecular weight excluding hydrogens is 280 g/mol. The molecule has 0 amide bonds. The molecule has 1 aromatic carbocycles. The second kappa shape index (κ2) is 5.04. The Morgan fingerprint density at radius 3 is 1.33 bits per heavy atom. The van der Waals surface area contributed by atoms with Gasteiger partial charge in [0.25, 0.3) is 0 Å². The highest BCUT2D eigenvalue weighted by molar-refractivity contribution is 9.12. The van der Waals surface area contributed by atoms with Gasteiger partial charge in [-0.05, 0) is 33.9 Å². The fraction of sp³-hybridized carbons (Fsp3) is 0. The lowest BCUT2D eigenvalue weighted by Crippen LogP contribution is -1.75. The van der Waals surface area contributed by atoms with Crippen LogP contribution in [0.1, 0.15) is 11.1 Å². The molecule has 2 heteroatoms. The van der Waals surface area contributed by atoms with Crippen LogP contribution in [0.5, 0.6) is 0 Å². The quantitative estimate of drug-likeness (QED) is 0.642. The number of rotatable bonds is 0. The van der Waals surface area contributed by atoms with Crippen molar-refractivity contribution in [1.82, 2.24) is 0 Å². The fourth-order valence-corrected chi connectivity index (χ4v) is 1.20. The van der Waals surface area contributed by atoms with Crippen molar-refractivity contribution in [2.75, 3.05) is 0 Å². The zero-order valence-electron chi connectivity index (χ0n) is 6.07. The average Bonchev–Trinajstić information content (AvgIpc) is 2.09. The minimum absolute atomic E-state index is 0.979. The van der Waals surface area contributed by atoms with Gasteiger partial charge in [-0.25, -0.2) is 0 Å². The average molecular weight is 284 g/mol. The Hall–Kier alpha value is -0.700. The van der Waals surface area contributed by atoms with E-state index in [0.29, 0.717) is 0 Å². The molecular formula is C10H4Br2. The third-order valence-electron chi connectivity index (χ3n) is 1.27. The third-order valence-corrected chi connectivity index (χ3v) is 1.66. The molecule has 0 heterocycles. The molecule has 0 saturated heterocycles. The first-order valence-corrected chi connectivity index (χ1v) is 4.79. The molecule has 0 bridgehead atoms. The SMILES string of the molecule is BrC#Cc1ccc(C#CBr)cc1. The van der Waals surface area contributed by atoms with E-state index in [1.54, 1.807) is 0 Å². The lowest BCUT2D eigenvalue weighted by Gasteiger charge is -1.89. The largest absolute Gasteiger partial charge is 0.0545 e. The zero-order chi connectivity index (χ0) is 8.81. The second-order valence-corrected chi connectivity index (χ2v) is 2.81. The summed E-state index contributed by atoms with van der Waals surface area (Å²) >= 11 is 6.08. The Morgan fingerprint density at radius 2 is 1.08 bits per heavy atom. The molecule has 0 radical (unpaired) electrons. The van der Waals surface area contributed by atoms with Crippen LogP contribution in [0.4, 0.5) is 0 Å². The first-order valence-electron chi connectivity index (χ1n) is 3.20. The first kappa shape index (κ1) is 9.39. The minimum atomic E-state index is 0.979. The summed E-state index contributed by atoms with van der Waals surface area (Å²) in [4.78, 5) is 5.31. The maximum absolute atomic E-state index is 3.04. The lowest BCUT2D eigenvalue weighted by molar-refractivity contribution is 1.61. The van der Waals surface area contributed by atoms with Crippen molar-refractivity contribution in [3.05, 3.63) is 35.4 Å². The molecule has 0 N–H and O–H groups in total. The predicted octanol–water partition coefficient (Wildman–Crippen LogP) is 3.09. The number of benzene rings is 1. The molecule has 0 fully saturated rings. The topological polar surface area (TPSA) is 0 Å². The second-order valence-electron chi connectivity index (χ2n) is 2.02. The molecule has 0 spiro atoms. The van der Waals surface area contributed by atoms with Crippen LogP contribution in [-0.2, 0) is 0 Å². The van der Waals surface area contributed by atoms with Crippen LogP contribution in [0.25, 0.3) is 0 Å². The van der Waals surface area contributed by atoms with Crippen LogP contribution in [0, 0.1) is 21.5 Å². The normalized spacial score (nSPS) is 7.50. The summed E-state index contributed by atoms with van der Waals surface area (Å²) in [6.07, 6.45) is 0. The molecule has 0 aromatic heterocycles. The molecule has 12 heavy (non-hydrogen) atoms. The summed E-state index contributed by atoms with van der Waals surface area (Å²) in [5, 5.41) is 0. The van der Waals surface area contributed by atoms with E-state index in [-0.39, 0.29) is 0 Å². The molecule has 0 nitrogen and oxygen atoms in total. The van der Waals surface area contributed by atoms with Crippen molar-refractivity contribution in [1.29, 1.82) is 0 Å². The summed E-state index contributed by atoms with van der Waals surface area (Å²) in [6, 6.07) is 7.73. The van der Waals surface area contributed by atoms with Crippen LogP contribution in [0.15, 0.2) is 24.3 Å². The molecule has 0 atom stereocenters. The monoisotopic (exact) mass is 282 g/mol. The van der Waals surface area contributed by atoms with Crippen molar-refractivity contribution in [3.63, 3.8) is 0 Å². The fourth-order valence-electron chi connectivity index (χ4n) is 0.746. The summed E-state index contributed by atoms with van der Waals surface area (Å²) in [6.45, 7) is 0. The molecule has 1 rings (SSSR count). The van der Waals surface area contributed by atoms with Crippen LogP contribution >= 0.6 is 31.9 Å². The number of halogens is 2. The van der Waals surface area contributed by atoms with Gasteiger partial charge in [0.1, 0.15) is 0 Å². The van der Waals surface area contributed by atoms with E-state index < -0.39 is 0 Å². The van der Waals surface area contributed by atoms with Gasteiger partial charge in [0, 0.05) is 43.0 Å². The number of hydrogen-bond acceptors (Lipinski definition) is 0. The van der Waals surface area contributed by atoms with Gasteiger partial charge in [0.05, 0.1) is 0 Å². The van der Waals surface area contributed by atoms with Crippen molar-refractivity contribution in [3.8, 4) is 21.5 Å². The molecule has 0 saturated carbocycles. The maximum atomic E-state index is 3.04. The van der Waals surface area contributed by atoms with Crippen molar-refractivity contribution in [2.24, 2.45) is 0 Å². The Morgan fingerprint density at radius 1 is 0.750 bits per heavy atom. The van der Waals surface area contributed by atoms with Gasteiger partial charge >= 0.3 is 0 Å². The minimum Gasteiger partial charge on any atom is -0.0545 e. The van der Waals surface area contributed by atoms with E-state index in [4.69, 9.17) is 0 Å². The van der Waals surface area contributed by atoms with E-state index in [1.165, 1.54) is 0 Å². The molecule has 1 aromatic rings. The van der Waals surface area contributed by atoms with E-state index in [0.717, 1.165) is 11.1 Å². The van der Waals surface area contributed by atoms with Crippen LogP contribution < -0.4 is 0 Å². The zero-order valence-corrected chi connectivity index (χ0v) is 9.24. The van der Waals surface area contributed by atoms with Crippen molar-refractivity contribution < 1.29 is 0 Å². The third kappa shape index (κ3) is 2.74. The summed E-state index contributed by atoms with van der Waals surface area (Å²) in [7, 11) is 0. The van der Waals surface area contributed by atoms with Gasteiger partial charge in [-0.2, -0.15) is 0 Å². The van der Waals surface area contributed by atoms with E-state index >= 15 is 0 Å². The molecule has 0 unspecified atom stereocenters. The van der Waals surface area contributed by atoms with E-state index in [1.807, 2.05) is 24.3 Å². The highest BCUT2D eigenvalue weighted by Gasteiger charge is 1.86. The smallest absolute Gasteiger partial charge is 0.0255 e. The number of hydrogen-bond donors (Lipinski definition) is 0. The van der Waals surface area contributed by atoms with Gasteiger partial charge in [0.15, 0.2) is 0 Å². The van der Waals surface area contributed by atoms with E-state index in [9.17, 15) is 0 Å². The summed E-state index contributed by atoms with van der Waals surface area (Å²) in [5.74, 6) is 5.77. The van der Waals surface area contributed by atoms with E-state index in [2.05, 4.69) is 53.4 Å². The van der Waals surface area contributed by atoms with Gasteiger partial charge in [-0.15, -0.1) is 0 Å². The molecule has 0 aliphatic rings. The highest BCUT2D eigenvalue weighted by atomic mass is 79.9. The summed E-state index contributed by atoms with van der Waals surface area (Å²) in [5.41, 5.74) is 1.96. The predicted molar refractivity (Wildman–Crippen MR) is 58.1 cm³/mol. The standard InChI is InChI=1S/C10H4Br2/c11-7-5-9-1-2-10(4-3-9)6-8-12/h1-4H. The molecule has 58 valence electrons. The highest BCUT2D eigenvalue weighted by Crippen LogP contribution is 2.02. The van der Waals surface area contributed by atoms with Gasteiger partial charge in [-0.1, -0.05) is 11.8 Å². The first-order chi connectivity index (χ1) is 5.86. The maximum Gasteiger partial charge on any atom is 0.0255 e.